The second kappa shape index (κ2) is 14.1. The van der Waals surface area contributed by atoms with E-state index in [0.29, 0.717) is 17.5 Å². The van der Waals surface area contributed by atoms with Gasteiger partial charge < -0.3 is 19.4 Å². The van der Waals surface area contributed by atoms with Crippen LogP contribution in [0.3, 0.4) is 0 Å². The third kappa shape index (κ3) is 6.68. The summed E-state index contributed by atoms with van der Waals surface area (Å²) in [5.74, 6) is 2.52. The predicted octanol–water partition coefficient (Wildman–Crippen LogP) is 11.3. The second-order valence-electron chi connectivity index (χ2n) is 16.3. The van der Waals surface area contributed by atoms with E-state index in [1.807, 2.05) is 36.5 Å². The first-order chi connectivity index (χ1) is 26.4. The molecule has 5 aromatic carbocycles. The fourth-order valence-electron chi connectivity index (χ4n) is 7.29. The van der Waals surface area contributed by atoms with Gasteiger partial charge >= 0.3 is 0 Å². The van der Waals surface area contributed by atoms with Crippen molar-refractivity contribution < 1.29 is 21.1 Å². The molecule has 8 heteroatoms. The molecule has 282 valence electrons. The molecule has 0 saturated heterocycles. The molecule has 0 atom stereocenters. The Bertz CT molecular complexity index is 2740. The number of para-hydroxylation sites is 3. The summed E-state index contributed by atoms with van der Waals surface area (Å²) in [4.78, 5) is 24.7. The quantitative estimate of drug-likeness (QED) is 0.160. The molecule has 0 fully saturated rings. The average molecular weight is 912 g/mol. The van der Waals surface area contributed by atoms with E-state index in [1.165, 1.54) is 5.56 Å². The van der Waals surface area contributed by atoms with Gasteiger partial charge in [-0.25, -0.2) is 4.98 Å². The van der Waals surface area contributed by atoms with Crippen LogP contribution in [0.1, 0.15) is 52.7 Å². The summed E-state index contributed by atoms with van der Waals surface area (Å²) in [6.07, 6.45) is 1.90. The second-order valence-corrected chi connectivity index (χ2v) is 16.3. The van der Waals surface area contributed by atoms with Crippen molar-refractivity contribution >= 4 is 38.9 Å². The normalized spacial score (nSPS) is 13.0. The number of pyridine rings is 1. The number of hydrogen-bond donors (Lipinski definition) is 0. The summed E-state index contributed by atoms with van der Waals surface area (Å²) < 4.78 is 2.21. The fourth-order valence-corrected chi connectivity index (χ4v) is 7.29. The van der Waals surface area contributed by atoms with Gasteiger partial charge in [-0.15, -0.1) is 53.1 Å². The smallest absolute Gasteiger partial charge is 0.144 e. The van der Waals surface area contributed by atoms with Crippen LogP contribution in [0.25, 0.3) is 61.8 Å². The molecule has 0 aliphatic carbocycles. The molecule has 0 bridgehead atoms. The molecule has 8 aromatic rings. The molecular weight excluding hydrogens is 870 g/mol. The number of anilines is 3. The van der Waals surface area contributed by atoms with Crippen LogP contribution in [0.2, 0.25) is 0 Å². The van der Waals surface area contributed by atoms with E-state index in [-0.39, 0.29) is 31.9 Å². The van der Waals surface area contributed by atoms with Crippen LogP contribution in [-0.2, 0) is 31.9 Å². The Morgan fingerprint density at radius 1 is 0.589 bits per heavy atom. The van der Waals surface area contributed by atoms with Gasteiger partial charge in [-0.3, -0.25) is 9.97 Å². The number of hydrogen-bond acceptors (Lipinski definition) is 6. The van der Waals surface area contributed by atoms with Gasteiger partial charge in [-0.1, -0.05) is 113 Å². The summed E-state index contributed by atoms with van der Waals surface area (Å²) in [6.45, 7) is 15.5. The zero-order chi connectivity index (χ0) is 38.1. The average Bonchev–Trinajstić information content (AvgIpc) is 3.71. The van der Waals surface area contributed by atoms with Crippen LogP contribution in [0.15, 0.2) is 121 Å². The van der Waals surface area contributed by atoms with E-state index in [1.54, 1.807) is 0 Å². The molecule has 7 nitrogen and oxygen atoms in total. The summed E-state index contributed by atoms with van der Waals surface area (Å²) >= 11 is 0. The van der Waals surface area contributed by atoms with Crippen molar-refractivity contribution in [2.45, 2.75) is 52.4 Å². The summed E-state index contributed by atoms with van der Waals surface area (Å²) in [6, 6.07) is 47.3. The van der Waals surface area contributed by atoms with E-state index < -0.39 is 0 Å². The predicted molar refractivity (Wildman–Crippen MR) is 225 cm³/mol. The maximum Gasteiger partial charge on any atom is 0.144 e. The molecule has 0 N–H and O–H groups in total. The first-order valence-electron chi connectivity index (χ1n) is 18.7. The van der Waals surface area contributed by atoms with Crippen molar-refractivity contribution in [3.05, 3.63) is 151 Å². The van der Waals surface area contributed by atoms with E-state index in [4.69, 9.17) is 19.9 Å². The molecule has 0 spiro atoms. The van der Waals surface area contributed by atoms with Crippen LogP contribution in [-0.4, -0.2) is 31.6 Å². The minimum atomic E-state index is -0.146. The molecule has 0 saturated carbocycles. The monoisotopic (exact) mass is 911 g/mol. The van der Waals surface area contributed by atoms with Gasteiger partial charge in [-0.05, 0) is 64.7 Å². The number of fused-ring (bicyclic) bond motifs is 4. The Labute approximate surface area is 343 Å². The molecular formula is C48H42N7Pt-3. The van der Waals surface area contributed by atoms with Crippen molar-refractivity contribution in [3.63, 3.8) is 0 Å². The molecule has 9 rings (SSSR count). The van der Waals surface area contributed by atoms with Gasteiger partial charge in [0, 0.05) is 49.7 Å². The number of aromatic nitrogens is 5. The van der Waals surface area contributed by atoms with Crippen LogP contribution < -0.4 is 9.80 Å². The number of benzene rings is 5. The summed E-state index contributed by atoms with van der Waals surface area (Å²) in [5, 5.41) is 2.22. The first kappa shape index (κ1) is 37.3. The molecule has 1 aliphatic heterocycles. The largest absolute Gasteiger partial charge is 0.504 e. The zero-order valence-corrected chi connectivity index (χ0v) is 34.8. The Morgan fingerprint density at radius 2 is 1.25 bits per heavy atom. The van der Waals surface area contributed by atoms with Gasteiger partial charge in [0.05, 0.1) is 11.6 Å². The summed E-state index contributed by atoms with van der Waals surface area (Å²) in [7, 11) is 2.07. The van der Waals surface area contributed by atoms with Gasteiger partial charge in [0.2, 0.25) is 0 Å². The maximum atomic E-state index is 5.21. The Hall–Kier alpha value is -5.65. The maximum absolute atomic E-state index is 5.21. The first-order valence-corrected chi connectivity index (χ1v) is 18.7. The number of rotatable bonds is 5. The number of nitrogens with zero attached hydrogens (tertiary/aromatic N) is 7. The standard InChI is InChI=1S/C48H42N7.Pt/c1-47(2,3)34-23-24-49-43(29-34)55-39-18-12-11-17-37(39)38-22-21-32(27-42(38)55)45-50-44(31-15-9-8-10-16-31)51-46(52-45)33-25-35(48(4,5)6)28-36(26-33)54-30-53(7)40-19-13-14-20-41(40)54;/h8-25,28-30H,1-7H3;/q-3;. The van der Waals surface area contributed by atoms with Crippen molar-refractivity contribution in [3.8, 4) is 40.0 Å². The van der Waals surface area contributed by atoms with Crippen molar-refractivity contribution in [1.82, 2.24) is 24.5 Å². The van der Waals surface area contributed by atoms with Crippen molar-refractivity contribution in [2.75, 3.05) is 16.8 Å². The van der Waals surface area contributed by atoms with Crippen LogP contribution in [0.4, 0.5) is 17.1 Å². The molecule has 1 aliphatic rings. The SMILES string of the molecule is CN1[CH-]N(c2[c-]c(-c3nc(-c4[c-]c5c(cc4)c4ccccc4n5-c4cc(C(C)(C)C)ccn4)nc(-c4ccccc4)n3)cc(C(C)(C)C)c2)c2ccccc21.[Pt]. The molecule has 0 radical (unpaired) electrons. The zero-order valence-electron chi connectivity index (χ0n) is 32.6. The van der Waals surface area contributed by atoms with E-state index in [0.717, 1.165) is 66.9 Å². The Kier molecular flexibility index (Phi) is 9.41. The van der Waals surface area contributed by atoms with Gasteiger partial charge in [0.1, 0.15) is 11.6 Å². The van der Waals surface area contributed by atoms with E-state index >= 15 is 0 Å². The minimum absolute atomic E-state index is 0. The van der Waals surface area contributed by atoms with E-state index in [2.05, 4.69) is 167 Å². The Morgan fingerprint density at radius 3 is 2.00 bits per heavy atom. The van der Waals surface area contributed by atoms with Gasteiger partial charge in [0.25, 0.3) is 0 Å². The Balaban J connectivity index is 0.00000441. The van der Waals surface area contributed by atoms with E-state index in [9.17, 15) is 0 Å². The van der Waals surface area contributed by atoms with Crippen LogP contribution in [0, 0.1) is 18.8 Å². The molecule has 56 heavy (non-hydrogen) atoms. The van der Waals surface area contributed by atoms with Crippen molar-refractivity contribution in [2.24, 2.45) is 0 Å². The third-order valence-electron chi connectivity index (χ3n) is 10.4. The molecule has 0 unspecified atom stereocenters. The molecule has 4 heterocycles. The van der Waals surface area contributed by atoms with Crippen LogP contribution in [0.5, 0.6) is 0 Å². The third-order valence-corrected chi connectivity index (χ3v) is 10.4. The van der Waals surface area contributed by atoms with Crippen molar-refractivity contribution in [1.29, 1.82) is 0 Å². The topological polar surface area (TPSA) is 63.0 Å². The molecule has 0 amide bonds. The molecule has 3 aromatic heterocycles. The van der Waals surface area contributed by atoms with Crippen LogP contribution >= 0.6 is 0 Å². The van der Waals surface area contributed by atoms with Gasteiger partial charge in [0.15, 0.2) is 0 Å². The minimum Gasteiger partial charge on any atom is -0.504 e. The fraction of sp³-hybridized carbons (Fsp3) is 0.188. The summed E-state index contributed by atoms with van der Waals surface area (Å²) in [5.41, 5.74) is 9.78. The van der Waals surface area contributed by atoms with Gasteiger partial charge in [-0.2, -0.15) is 6.67 Å².